The van der Waals surface area contributed by atoms with E-state index in [1.54, 1.807) is 6.07 Å². The van der Waals surface area contributed by atoms with Gasteiger partial charge in [0.2, 0.25) is 0 Å². The molecule has 0 saturated carbocycles. The van der Waals surface area contributed by atoms with Gasteiger partial charge >= 0.3 is 163 Å². The van der Waals surface area contributed by atoms with E-state index in [2.05, 4.69) is 30.8 Å². The summed E-state index contributed by atoms with van der Waals surface area (Å²) in [5, 5.41) is 10.1. The maximum absolute atomic E-state index is 13.4. The number of hydrogen-bond acceptors (Lipinski definition) is 6. The van der Waals surface area contributed by atoms with Gasteiger partial charge in [-0.3, -0.25) is 0 Å². The van der Waals surface area contributed by atoms with Gasteiger partial charge in [-0.25, -0.2) is 0 Å². The van der Waals surface area contributed by atoms with Crippen LogP contribution in [-0.4, -0.2) is 55.4 Å². The van der Waals surface area contributed by atoms with Crippen LogP contribution in [0, 0.1) is 18.3 Å². The SMILES string of the molecule is Cc1nc(N2CCOCC2)sc1C(=O)c1cc(C#N)cc[c]1[Sn]([CH3])([CH3])[CH3]. The minimum absolute atomic E-state index is 0.00163. The Labute approximate surface area is 162 Å². The van der Waals surface area contributed by atoms with Crippen LogP contribution in [0.25, 0.3) is 0 Å². The molecular weight excluding hydrogens is 453 g/mol. The summed E-state index contributed by atoms with van der Waals surface area (Å²) in [5.41, 5.74) is 1.98. The van der Waals surface area contributed by atoms with Gasteiger partial charge in [0, 0.05) is 0 Å². The number of rotatable bonds is 4. The normalized spacial score (nSPS) is 15.0. The first-order chi connectivity index (χ1) is 12.3. The van der Waals surface area contributed by atoms with Crippen molar-refractivity contribution < 1.29 is 9.53 Å². The number of anilines is 1. The fourth-order valence-electron chi connectivity index (χ4n) is 3.06. The van der Waals surface area contributed by atoms with E-state index >= 15 is 0 Å². The molecule has 2 heterocycles. The van der Waals surface area contributed by atoms with Crippen LogP contribution in [0.5, 0.6) is 0 Å². The second-order valence-corrected chi connectivity index (χ2v) is 22.8. The van der Waals surface area contributed by atoms with E-state index in [0.29, 0.717) is 29.2 Å². The van der Waals surface area contributed by atoms with Crippen LogP contribution in [0.15, 0.2) is 18.2 Å². The first-order valence-corrected chi connectivity index (χ1v) is 19.5. The Balaban J connectivity index is 2.02. The number of carbonyl (C=O) groups is 1. The molecule has 1 aliphatic rings. The Morgan fingerprint density at radius 2 is 2.00 bits per heavy atom. The first kappa shape index (κ1) is 19.3. The maximum atomic E-state index is 13.4. The van der Waals surface area contributed by atoms with Gasteiger partial charge in [0.25, 0.3) is 0 Å². The molecule has 0 atom stereocenters. The van der Waals surface area contributed by atoms with Crippen LogP contribution in [0.2, 0.25) is 14.8 Å². The number of aromatic nitrogens is 1. The monoisotopic (exact) mass is 477 g/mol. The van der Waals surface area contributed by atoms with Crippen molar-refractivity contribution in [1.82, 2.24) is 4.98 Å². The van der Waals surface area contributed by atoms with E-state index < -0.39 is 18.4 Å². The molecule has 3 rings (SSSR count). The van der Waals surface area contributed by atoms with E-state index in [1.807, 2.05) is 19.1 Å². The number of ether oxygens (including phenoxy) is 1. The predicted octanol–water partition coefficient (Wildman–Crippen LogP) is 2.94. The van der Waals surface area contributed by atoms with Gasteiger partial charge in [0.15, 0.2) is 0 Å². The summed E-state index contributed by atoms with van der Waals surface area (Å²) in [6.45, 7) is 4.87. The van der Waals surface area contributed by atoms with Crippen LogP contribution >= 0.6 is 11.3 Å². The Hall–Kier alpha value is -1.43. The van der Waals surface area contributed by atoms with E-state index in [-0.39, 0.29) is 5.78 Å². The van der Waals surface area contributed by atoms with Gasteiger partial charge in [-0.1, -0.05) is 0 Å². The van der Waals surface area contributed by atoms with Crippen molar-refractivity contribution in [3.05, 3.63) is 39.9 Å². The van der Waals surface area contributed by atoms with Crippen molar-refractivity contribution in [2.75, 3.05) is 31.2 Å². The van der Waals surface area contributed by atoms with E-state index in [4.69, 9.17) is 4.74 Å². The van der Waals surface area contributed by atoms with Crippen molar-refractivity contribution in [2.45, 2.75) is 21.7 Å². The molecule has 0 N–H and O–H groups in total. The standard InChI is InChI=1S/C16H14N3O2S.3CH3.Sn/c1-11-15(14(20)13-4-2-3-12(9-13)10-17)22-16(18-11)19-5-7-21-8-6-19;;;;/h2-3,9H,5-8H2,1H3;3*1H3;. The summed E-state index contributed by atoms with van der Waals surface area (Å²) >= 11 is -1.06. The number of ketones is 1. The number of benzene rings is 1. The quantitative estimate of drug-likeness (QED) is 0.502. The molecule has 1 aromatic carbocycles. The van der Waals surface area contributed by atoms with Gasteiger partial charge < -0.3 is 0 Å². The van der Waals surface area contributed by atoms with E-state index in [1.165, 1.54) is 11.3 Å². The predicted molar refractivity (Wildman–Crippen MR) is 107 cm³/mol. The summed E-state index contributed by atoms with van der Waals surface area (Å²) < 4.78 is 6.55. The molecule has 0 radical (unpaired) electrons. The fraction of sp³-hybridized carbons (Fsp3) is 0.421. The number of aryl methyl sites for hydroxylation is 1. The molecule has 1 saturated heterocycles. The van der Waals surface area contributed by atoms with Gasteiger partial charge in [0.1, 0.15) is 0 Å². The van der Waals surface area contributed by atoms with Crippen molar-refractivity contribution in [3.8, 4) is 6.07 Å². The molecule has 1 fully saturated rings. The molecule has 2 aromatic rings. The van der Waals surface area contributed by atoms with Crippen molar-refractivity contribution in [1.29, 1.82) is 5.26 Å². The molecule has 0 amide bonds. The molecule has 5 nitrogen and oxygen atoms in total. The summed E-state index contributed by atoms with van der Waals surface area (Å²) in [4.78, 5) is 27.7. The third-order valence-corrected chi connectivity index (χ3v) is 11.5. The molecule has 1 aromatic heterocycles. The molecule has 0 bridgehead atoms. The summed E-state index contributed by atoms with van der Waals surface area (Å²) in [5.74, 6) is -0.00163. The van der Waals surface area contributed by atoms with Crippen molar-refractivity contribution >= 4 is 44.2 Å². The van der Waals surface area contributed by atoms with Gasteiger partial charge in [-0.2, -0.15) is 0 Å². The molecule has 7 heteroatoms. The van der Waals surface area contributed by atoms with Gasteiger partial charge in [-0.15, -0.1) is 0 Å². The summed E-state index contributed by atoms with van der Waals surface area (Å²) in [6, 6.07) is 7.73. The Morgan fingerprint density at radius 3 is 2.62 bits per heavy atom. The molecule has 26 heavy (non-hydrogen) atoms. The Morgan fingerprint density at radius 1 is 1.31 bits per heavy atom. The number of thiazole rings is 1. The summed E-state index contributed by atoms with van der Waals surface area (Å²) in [7, 11) is 0. The van der Waals surface area contributed by atoms with Crippen LogP contribution < -0.4 is 8.48 Å². The van der Waals surface area contributed by atoms with Crippen LogP contribution in [-0.2, 0) is 4.74 Å². The van der Waals surface area contributed by atoms with E-state index in [9.17, 15) is 10.1 Å². The molecule has 136 valence electrons. The zero-order valence-electron chi connectivity index (χ0n) is 15.6. The third kappa shape index (κ3) is 3.95. The minimum atomic E-state index is -2.51. The molecule has 0 aliphatic carbocycles. The number of carbonyl (C=O) groups excluding carboxylic acids is 1. The van der Waals surface area contributed by atoms with Crippen LogP contribution in [0.4, 0.5) is 5.13 Å². The Bertz CT molecular complexity index is 874. The van der Waals surface area contributed by atoms with Crippen molar-refractivity contribution in [3.63, 3.8) is 0 Å². The number of morpholine rings is 1. The summed E-state index contributed by atoms with van der Waals surface area (Å²) in [6.07, 6.45) is 0. The van der Waals surface area contributed by atoms with Crippen molar-refractivity contribution in [2.24, 2.45) is 0 Å². The number of hydrogen-bond donors (Lipinski definition) is 0. The first-order valence-electron chi connectivity index (χ1n) is 8.70. The molecule has 1 aliphatic heterocycles. The average molecular weight is 476 g/mol. The Kier molecular flexibility index (Phi) is 5.70. The molecular formula is C19H23N3O2SSn. The second-order valence-electron chi connectivity index (χ2n) is 7.46. The topological polar surface area (TPSA) is 66.2 Å². The van der Waals surface area contributed by atoms with Gasteiger partial charge in [0.05, 0.1) is 0 Å². The fourth-order valence-corrected chi connectivity index (χ4v) is 8.63. The zero-order chi connectivity index (χ0) is 18.9. The average Bonchev–Trinajstić information content (AvgIpc) is 3.02. The number of nitriles is 1. The van der Waals surface area contributed by atoms with Gasteiger partial charge in [-0.05, 0) is 0 Å². The molecule has 0 spiro atoms. The van der Waals surface area contributed by atoms with Crippen LogP contribution in [0.1, 0.15) is 26.5 Å². The second kappa shape index (κ2) is 7.67. The van der Waals surface area contributed by atoms with E-state index in [0.717, 1.165) is 27.5 Å². The zero-order valence-corrected chi connectivity index (χ0v) is 19.3. The number of nitrogens with zero attached hydrogens (tertiary/aromatic N) is 3. The molecule has 0 unspecified atom stereocenters. The third-order valence-electron chi connectivity index (χ3n) is 4.47. The van der Waals surface area contributed by atoms with Crippen LogP contribution in [0.3, 0.4) is 0 Å².